The third kappa shape index (κ3) is 4.06. The van der Waals surface area contributed by atoms with Gasteiger partial charge in [0.1, 0.15) is 5.82 Å². The molecule has 0 saturated carbocycles. The number of urea groups is 1. The lowest BCUT2D eigenvalue weighted by Gasteiger charge is -2.18. The molecule has 1 N–H and O–H groups in total. The second-order valence-corrected chi connectivity index (χ2v) is 5.64. The number of nitrogens with zero attached hydrogens (tertiary/aromatic N) is 2. The molecule has 0 aromatic heterocycles. The standard InChI is InChI=1S/C16H13BrFN3O/c1-21(10-12-4-2-3-11(7-12)9-19)16(22)20-15-6-5-13(17)8-14(15)18/h2-8H,10H2,1H3,(H,20,22). The van der Waals surface area contributed by atoms with Crippen molar-refractivity contribution in [2.75, 3.05) is 12.4 Å². The molecule has 0 saturated heterocycles. The van der Waals surface area contributed by atoms with Crippen molar-refractivity contribution >= 4 is 27.6 Å². The van der Waals surface area contributed by atoms with Gasteiger partial charge >= 0.3 is 6.03 Å². The van der Waals surface area contributed by atoms with Crippen LogP contribution in [0.5, 0.6) is 0 Å². The molecule has 4 nitrogen and oxygen atoms in total. The Morgan fingerprint density at radius 3 is 2.82 bits per heavy atom. The first-order valence-corrected chi connectivity index (χ1v) is 7.25. The molecule has 0 bridgehead atoms. The number of amides is 2. The average Bonchev–Trinajstić information content (AvgIpc) is 2.50. The summed E-state index contributed by atoms with van der Waals surface area (Å²) < 4.78 is 14.3. The van der Waals surface area contributed by atoms with Gasteiger partial charge < -0.3 is 10.2 Å². The number of rotatable bonds is 3. The molecule has 2 amide bonds. The van der Waals surface area contributed by atoms with E-state index in [2.05, 4.69) is 21.2 Å². The van der Waals surface area contributed by atoms with E-state index in [1.165, 1.54) is 17.0 Å². The second-order valence-electron chi connectivity index (χ2n) is 4.72. The van der Waals surface area contributed by atoms with Crippen molar-refractivity contribution in [1.82, 2.24) is 4.90 Å². The molecule has 0 spiro atoms. The zero-order valence-corrected chi connectivity index (χ0v) is 13.4. The Balaban J connectivity index is 2.04. The lowest BCUT2D eigenvalue weighted by molar-refractivity contribution is 0.220. The van der Waals surface area contributed by atoms with E-state index >= 15 is 0 Å². The summed E-state index contributed by atoms with van der Waals surface area (Å²) in [7, 11) is 1.60. The number of hydrogen-bond donors (Lipinski definition) is 1. The van der Waals surface area contributed by atoms with Crippen molar-refractivity contribution in [3.63, 3.8) is 0 Å². The Bertz CT molecular complexity index is 742. The van der Waals surface area contributed by atoms with Crippen molar-refractivity contribution in [2.24, 2.45) is 0 Å². The fraction of sp³-hybridized carbons (Fsp3) is 0.125. The fourth-order valence-corrected chi connectivity index (χ4v) is 2.22. The molecule has 0 unspecified atom stereocenters. The molecule has 112 valence electrons. The number of hydrogen-bond acceptors (Lipinski definition) is 2. The highest BCUT2D eigenvalue weighted by Gasteiger charge is 2.12. The lowest BCUT2D eigenvalue weighted by atomic mass is 10.1. The van der Waals surface area contributed by atoms with Crippen molar-refractivity contribution < 1.29 is 9.18 Å². The van der Waals surface area contributed by atoms with Gasteiger partial charge in [-0.15, -0.1) is 0 Å². The largest absolute Gasteiger partial charge is 0.323 e. The molecule has 2 aromatic rings. The van der Waals surface area contributed by atoms with Gasteiger partial charge in [-0.1, -0.05) is 28.1 Å². The van der Waals surface area contributed by atoms with Gasteiger partial charge in [-0.2, -0.15) is 5.26 Å². The van der Waals surface area contributed by atoms with E-state index in [4.69, 9.17) is 5.26 Å². The summed E-state index contributed by atoms with van der Waals surface area (Å²) in [6, 6.07) is 13.0. The lowest BCUT2D eigenvalue weighted by Crippen LogP contribution is -2.31. The van der Waals surface area contributed by atoms with Crippen LogP contribution in [0.25, 0.3) is 0 Å². The molecule has 0 aliphatic carbocycles. The predicted molar refractivity (Wildman–Crippen MR) is 85.7 cm³/mol. The summed E-state index contributed by atoms with van der Waals surface area (Å²) in [5.74, 6) is -0.511. The normalized spacial score (nSPS) is 9.91. The summed E-state index contributed by atoms with van der Waals surface area (Å²) in [5.41, 5.74) is 1.48. The number of benzene rings is 2. The number of nitrogens with one attached hydrogen (secondary N) is 1. The van der Waals surface area contributed by atoms with Crippen LogP contribution in [-0.2, 0) is 6.54 Å². The first kappa shape index (κ1) is 16.0. The van der Waals surface area contributed by atoms with Gasteiger partial charge in [-0.3, -0.25) is 0 Å². The van der Waals surface area contributed by atoms with E-state index in [9.17, 15) is 9.18 Å². The molecular weight excluding hydrogens is 349 g/mol. The Labute approximate surface area is 136 Å². The molecule has 0 aliphatic rings. The summed E-state index contributed by atoms with van der Waals surface area (Å²) in [4.78, 5) is 13.5. The first-order valence-electron chi connectivity index (χ1n) is 6.46. The minimum absolute atomic E-state index is 0.117. The molecule has 2 rings (SSSR count). The average molecular weight is 362 g/mol. The topological polar surface area (TPSA) is 56.1 Å². The van der Waals surface area contributed by atoms with E-state index in [1.54, 1.807) is 31.3 Å². The summed E-state index contributed by atoms with van der Waals surface area (Å²) in [6.07, 6.45) is 0. The summed E-state index contributed by atoms with van der Waals surface area (Å²) in [5, 5.41) is 11.4. The first-order chi connectivity index (χ1) is 10.5. The van der Waals surface area contributed by atoms with Crippen LogP contribution in [0, 0.1) is 17.1 Å². The maximum absolute atomic E-state index is 13.7. The number of carbonyl (C=O) groups excluding carboxylic acids is 1. The molecule has 0 fully saturated rings. The van der Waals surface area contributed by atoms with Crippen LogP contribution in [-0.4, -0.2) is 18.0 Å². The third-order valence-corrected chi connectivity index (χ3v) is 3.49. The monoisotopic (exact) mass is 361 g/mol. The highest BCUT2D eigenvalue weighted by Crippen LogP contribution is 2.19. The Morgan fingerprint density at radius 2 is 2.14 bits per heavy atom. The molecule has 0 heterocycles. The van der Waals surface area contributed by atoms with Crippen LogP contribution < -0.4 is 5.32 Å². The molecule has 2 aromatic carbocycles. The number of halogens is 2. The fourth-order valence-electron chi connectivity index (χ4n) is 1.89. The second kappa shape index (κ2) is 7.05. The Kier molecular flexibility index (Phi) is 5.12. The SMILES string of the molecule is CN(Cc1cccc(C#N)c1)C(=O)Nc1ccc(Br)cc1F. The number of anilines is 1. The number of nitriles is 1. The minimum Gasteiger partial charge on any atom is -0.323 e. The highest BCUT2D eigenvalue weighted by atomic mass is 79.9. The van der Waals surface area contributed by atoms with Crippen LogP contribution >= 0.6 is 15.9 Å². The van der Waals surface area contributed by atoms with Gasteiger partial charge in [0.25, 0.3) is 0 Å². The minimum atomic E-state index is -0.511. The van der Waals surface area contributed by atoms with E-state index in [0.717, 1.165) is 5.56 Å². The molecule has 0 atom stereocenters. The molecule has 6 heteroatoms. The Hall–Kier alpha value is -2.39. The van der Waals surface area contributed by atoms with Gasteiger partial charge in [-0.25, -0.2) is 9.18 Å². The smallest absolute Gasteiger partial charge is 0.321 e. The van der Waals surface area contributed by atoms with Crippen LogP contribution in [0.1, 0.15) is 11.1 Å². The predicted octanol–water partition coefficient (Wildman–Crippen LogP) is 4.12. The van der Waals surface area contributed by atoms with E-state index in [-0.39, 0.29) is 5.69 Å². The highest BCUT2D eigenvalue weighted by molar-refractivity contribution is 9.10. The van der Waals surface area contributed by atoms with Gasteiger partial charge in [0, 0.05) is 18.1 Å². The maximum atomic E-state index is 13.7. The zero-order valence-electron chi connectivity index (χ0n) is 11.8. The maximum Gasteiger partial charge on any atom is 0.321 e. The van der Waals surface area contributed by atoms with Crippen LogP contribution in [0.2, 0.25) is 0 Å². The van der Waals surface area contributed by atoms with Gasteiger partial charge in [-0.05, 0) is 35.9 Å². The zero-order chi connectivity index (χ0) is 16.1. The van der Waals surface area contributed by atoms with Crippen LogP contribution in [0.15, 0.2) is 46.9 Å². The van der Waals surface area contributed by atoms with Crippen molar-refractivity contribution in [3.05, 3.63) is 63.9 Å². The van der Waals surface area contributed by atoms with E-state index < -0.39 is 11.8 Å². The van der Waals surface area contributed by atoms with E-state index in [1.807, 2.05) is 12.1 Å². The summed E-state index contributed by atoms with van der Waals surface area (Å²) >= 11 is 3.16. The summed E-state index contributed by atoms with van der Waals surface area (Å²) in [6.45, 7) is 0.319. The van der Waals surface area contributed by atoms with Crippen molar-refractivity contribution in [2.45, 2.75) is 6.54 Å². The molecule has 0 radical (unpaired) electrons. The van der Waals surface area contributed by atoms with Crippen molar-refractivity contribution in [1.29, 1.82) is 5.26 Å². The van der Waals surface area contributed by atoms with Gasteiger partial charge in [0.05, 0.1) is 17.3 Å². The van der Waals surface area contributed by atoms with Gasteiger partial charge in [0.15, 0.2) is 0 Å². The van der Waals surface area contributed by atoms with E-state index in [0.29, 0.717) is 16.6 Å². The quantitative estimate of drug-likeness (QED) is 0.893. The molecule has 0 aliphatic heterocycles. The molecular formula is C16H13BrFN3O. The number of carbonyl (C=O) groups is 1. The van der Waals surface area contributed by atoms with Crippen molar-refractivity contribution in [3.8, 4) is 6.07 Å². The van der Waals surface area contributed by atoms with Gasteiger partial charge in [0.2, 0.25) is 0 Å². The Morgan fingerprint density at radius 1 is 1.36 bits per heavy atom. The third-order valence-electron chi connectivity index (χ3n) is 3.00. The van der Waals surface area contributed by atoms with Crippen LogP contribution in [0.4, 0.5) is 14.9 Å². The van der Waals surface area contributed by atoms with Crippen LogP contribution in [0.3, 0.4) is 0 Å². The molecule has 22 heavy (non-hydrogen) atoms.